The summed E-state index contributed by atoms with van der Waals surface area (Å²) in [6.45, 7) is 0.761. The molecule has 1 fully saturated rings. The Kier molecular flexibility index (Phi) is 4.73. The number of ether oxygens (including phenoxy) is 2. The molecule has 2 atom stereocenters. The molecule has 1 aliphatic rings. The predicted molar refractivity (Wildman–Crippen MR) is 71.4 cm³/mol. The van der Waals surface area contributed by atoms with E-state index in [0.717, 1.165) is 19.4 Å². The van der Waals surface area contributed by atoms with Gasteiger partial charge >= 0.3 is 12.0 Å². The molecule has 7 nitrogen and oxygen atoms in total. The molecule has 0 aromatic carbocycles. The Balaban J connectivity index is 1.98. The van der Waals surface area contributed by atoms with Gasteiger partial charge in [-0.1, -0.05) is 12.8 Å². The van der Waals surface area contributed by atoms with Crippen molar-refractivity contribution >= 4 is 5.95 Å². The Labute approximate surface area is 112 Å². The highest BCUT2D eigenvalue weighted by Crippen LogP contribution is 2.23. The summed E-state index contributed by atoms with van der Waals surface area (Å²) in [5, 5.41) is 3.19. The molecule has 1 saturated carbocycles. The second kappa shape index (κ2) is 6.51. The Morgan fingerprint density at radius 3 is 2.32 bits per heavy atom. The molecule has 1 heterocycles. The molecule has 0 bridgehead atoms. The van der Waals surface area contributed by atoms with Crippen LogP contribution in [-0.4, -0.2) is 41.8 Å². The van der Waals surface area contributed by atoms with E-state index in [2.05, 4.69) is 20.3 Å². The molecule has 1 aromatic heterocycles. The molecule has 0 spiro atoms. The van der Waals surface area contributed by atoms with Gasteiger partial charge in [0.15, 0.2) is 0 Å². The third-order valence-corrected chi connectivity index (χ3v) is 3.45. The zero-order valence-electron chi connectivity index (χ0n) is 11.4. The molecular weight excluding hydrogens is 246 g/mol. The van der Waals surface area contributed by atoms with E-state index in [4.69, 9.17) is 15.2 Å². The van der Waals surface area contributed by atoms with Gasteiger partial charge in [-0.15, -0.1) is 4.98 Å². The second-order valence-corrected chi connectivity index (χ2v) is 4.72. The maximum absolute atomic E-state index is 6.11. The van der Waals surface area contributed by atoms with Crippen molar-refractivity contribution < 1.29 is 9.47 Å². The predicted octanol–water partition coefficient (Wildman–Crippen LogP) is 0.818. The quantitative estimate of drug-likeness (QED) is 0.815. The van der Waals surface area contributed by atoms with Gasteiger partial charge < -0.3 is 20.5 Å². The van der Waals surface area contributed by atoms with Gasteiger partial charge in [0.05, 0.1) is 14.2 Å². The van der Waals surface area contributed by atoms with Crippen LogP contribution in [0.1, 0.15) is 25.7 Å². The summed E-state index contributed by atoms with van der Waals surface area (Å²) in [5.74, 6) is 0.920. The second-order valence-electron chi connectivity index (χ2n) is 4.72. The third kappa shape index (κ3) is 3.66. The van der Waals surface area contributed by atoms with Crippen molar-refractivity contribution in [3.8, 4) is 12.0 Å². The van der Waals surface area contributed by atoms with Crippen LogP contribution < -0.4 is 20.5 Å². The fraction of sp³-hybridized carbons (Fsp3) is 0.750. The van der Waals surface area contributed by atoms with Crippen LogP contribution in [0, 0.1) is 5.92 Å². The minimum Gasteiger partial charge on any atom is -0.467 e. The van der Waals surface area contributed by atoms with Gasteiger partial charge in [-0.25, -0.2) is 0 Å². The normalized spacial score (nSPS) is 22.9. The number of hydrogen-bond acceptors (Lipinski definition) is 7. The monoisotopic (exact) mass is 267 g/mol. The lowest BCUT2D eigenvalue weighted by Gasteiger charge is -2.28. The molecule has 1 aromatic rings. The van der Waals surface area contributed by atoms with Crippen molar-refractivity contribution in [2.24, 2.45) is 11.7 Å². The first-order chi connectivity index (χ1) is 9.22. The van der Waals surface area contributed by atoms with E-state index in [0.29, 0.717) is 11.9 Å². The SMILES string of the molecule is COc1nc(NCC2CCCCC2N)nc(OC)n1. The topological polar surface area (TPSA) is 95.2 Å². The van der Waals surface area contributed by atoms with Gasteiger partial charge in [0.1, 0.15) is 0 Å². The Morgan fingerprint density at radius 1 is 1.11 bits per heavy atom. The van der Waals surface area contributed by atoms with E-state index in [1.165, 1.54) is 27.1 Å². The maximum atomic E-state index is 6.11. The van der Waals surface area contributed by atoms with Crippen LogP contribution in [0.3, 0.4) is 0 Å². The van der Waals surface area contributed by atoms with Crippen LogP contribution in [0.5, 0.6) is 12.0 Å². The van der Waals surface area contributed by atoms with Gasteiger partial charge in [0.2, 0.25) is 5.95 Å². The third-order valence-electron chi connectivity index (χ3n) is 3.45. The first-order valence-electron chi connectivity index (χ1n) is 6.56. The smallest absolute Gasteiger partial charge is 0.324 e. The Bertz CT molecular complexity index is 393. The van der Waals surface area contributed by atoms with Gasteiger partial charge in [-0.3, -0.25) is 0 Å². The van der Waals surface area contributed by atoms with E-state index in [9.17, 15) is 0 Å². The van der Waals surface area contributed by atoms with Gasteiger partial charge in [0.25, 0.3) is 0 Å². The first-order valence-corrected chi connectivity index (χ1v) is 6.56. The van der Waals surface area contributed by atoms with Crippen LogP contribution in [0.25, 0.3) is 0 Å². The number of rotatable bonds is 5. The van der Waals surface area contributed by atoms with Crippen LogP contribution in [-0.2, 0) is 0 Å². The van der Waals surface area contributed by atoms with Gasteiger partial charge in [-0.05, 0) is 18.8 Å². The summed E-state index contributed by atoms with van der Waals surface area (Å²) in [6, 6.07) is 0.733. The zero-order valence-corrected chi connectivity index (χ0v) is 11.4. The number of methoxy groups -OCH3 is 2. The molecule has 1 aliphatic carbocycles. The molecule has 0 amide bonds. The fourth-order valence-electron chi connectivity index (χ4n) is 2.31. The lowest BCUT2D eigenvalue weighted by molar-refractivity contribution is 0.319. The van der Waals surface area contributed by atoms with E-state index >= 15 is 0 Å². The van der Waals surface area contributed by atoms with Crippen LogP contribution in [0.4, 0.5) is 5.95 Å². The van der Waals surface area contributed by atoms with Crippen LogP contribution >= 0.6 is 0 Å². The number of nitrogens with two attached hydrogens (primary N) is 1. The van der Waals surface area contributed by atoms with E-state index in [-0.39, 0.29) is 18.1 Å². The van der Waals surface area contributed by atoms with Crippen molar-refractivity contribution in [3.63, 3.8) is 0 Å². The average molecular weight is 267 g/mol. The first kappa shape index (κ1) is 13.8. The van der Waals surface area contributed by atoms with E-state index < -0.39 is 0 Å². The van der Waals surface area contributed by atoms with Crippen molar-refractivity contribution in [3.05, 3.63) is 0 Å². The van der Waals surface area contributed by atoms with Crippen molar-refractivity contribution in [1.29, 1.82) is 0 Å². The molecule has 7 heteroatoms. The molecule has 0 saturated heterocycles. The summed E-state index contributed by atoms with van der Waals surface area (Å²) in [4.78, 5) is 12.2. The lowest BCUT2D eigenvalue weighted by atomic mass is 9.85. The lowest BCUT2D eigenvalue weighted by Crippen LogP contribution is -2.37. The molecule has 3 N–H and O–H groups in total. The van der Waals surface area contributed by atoms with Crippen molar-refractivity contribution in [1.82, 2.24) is 15.0 Å². The number of nitrogens with zero attached hydrogens (tertiary/aromatic N) is 3. The number of nitrogens with one attached hydrogen (secondary N) is 1. The summed E-state index contributed by atoms with van der Waals surface area (Å²) in [7, 11) is 3.02. The van der Waals surface area contributed by atoms with E-state index in [1.54, 1.807) is 0 Å². The van der Waals surface area contributed by atoms with Crippen molar-refractivity contribution in [2.45, 2.75) is 31.7 Å². The highest BCUT2D eigenvalue weighted by molar-refractivity contribution is 5.27. The highest BCUT2D eigenvalue weighted by Gasteiger charge is 2.21. The zero-order chi connectivity index (χ0) is 13.7. The molecule has 106 valence electrons. The minimum atomic E-state index is 0.238. The van der Waals surface area contributed by atoms with Crippen LogP contribution in [0.15, 0.2) is 0 Å². The molecule has 0 radical (unpaired) electrons. The molecular formula is C12H21N5O2. The fourth-order valence-corrected chi connectivity index (χ4v) is 2.31. The minimum absolute atomic E-state index is 0.238. The largest absolute Gasteiger partial charge is 0.467 e. The van der Waals surface area contributed by atoms with Gasteiger partial charge in [-0.2, -0.15) is 9.97 Å². The molecule has 2 rings (SSSR count). The highest BCUT2D eigenvalue weighted by atomic mass is 16.5. The summed E-state index contributed by atoms with van der Waals surface area (Å²) in [5.41, 5.74) is 6.11. The summed E-state index contributed by atoms with van der Waals surface area (Å²) >= 11 is 0. The number of anilines is 1. The number of hydrogen-bond donors (Lipinski definition) is 2. The number of aromatic nitrogens is 3. The molecule has 0 aliphatic heterocycles. The summed E-state index contributed by atoms with van der Waals surface area (Å²) < 4.78 is 10.0. The Hall–Kier alpha value is -1.63. The van der Waals surface area contributed by atoms with Crippen molar-refractivity contribution in [2.75, 3.05) is 26.1 Å². The van der Waals surface area contributed by atoms with E-state index in [1.807, 2.05) is 0 Å². The van der Waals surface area contributed by atoms with Crippen LogP contribution in [0.2, 0.25) is 0 Å². The standard InChI is InChI=1S/C12H21N5O2/c1-18-11-15-10(16-12(17-11)19-2)14-7-8-5-3-4-6-9(8)13/h8-9H,3-7,13H2,1-2H3,(H,14,15,16,17). The maximum Gasteiger partial charge on any atom is 0.324 e. The average Bonchev–Trinajstić information content (AvgIpc) is 2.46. The molecule has 2 unspecified atom stereocenters. The van der Waals surface area contributed by atoms with Gasteiger partial charge in [0, 0.05) is 12.6 Å². The Morgan fingerprint density at radius 2 is 1.74 bits per heavy atom. The summed E-state index contributed by atoms with van der Waals surface area (Å²) in [6.07, 6.45) is 4.71. The molecule has 19 heavy (non-hydrogen) atoms.